The van der Waals surface area contributed by atoms with Gasteiger partial charge >= 0.3 is 6.01 Å². The highest BCUT2D eigenvalue weighted by Crippen LogP contribution is 2.30. The lowest BCUT2D eigenvalue weighted by Crippen LogP contribution is -2.39. The Morgan fingerprint density at radius 1 is 1.06 bits per heavy atom. The summed E-state index contributed by atoms with van der Waals surface area (Å²) in [6, 6.07) is 6.52. The van der Waals surface area contributed by atoms with Gasteiger partial charge in [-0.25, -0.2) is 14.4 Å². The SMILES string of the molecule is Nc1nc(OC2CCN(c3ncnc(Oc4ccc(OCCO)cc4)c3F)CC2)ncc1F. The van der Waals surface area contributed by atoms with Crippen molar-refractivity contribution in [3.63, 3.8) is 0 Å². The van der Waals surface area contributed by atoms with E-state index in [1.165, 1.54) is 6.33 Å². The van der Waals surface area contributed by atoms with Gasteiger partial charge in [-0.3, -0.25) is 0 Å². The fraction of sp³-hybridized carbons (Fsp3) is 0.333. The molecule has 0 spiro atoms. The molecule has 3 heterocycles. The Morgan fingerprint density at radius 2 is 1.79 bits per heavy atom. The molecule has 0 radical (unpaired) electrons. The Bertz CT molecular complexity index is 1080. The van der Waals surface area contributed by atoms with Crippen molar-refractivity contribution in [2.75, 3.05) is 36.9 Å². The van der Waals surface area contributed by atoms with Gasteiger partial charge in [-0.05, 0) is 24.3 Å². The molecule has 0 aliphatic carbocycles. The molecule has 12 heteroatoms. The number of hydrogen-bond donors (Lipinski definition) is 2. The highest BCUT2D eigenvalue weighted by atomic mass is 19.1. The molecule has 0 amide bonds. The summed E-state index contributed by atoms with van der Waals surface area (Å²) >= 11 is 0. The maximum absolute atomic E-state index is 15.1. The highest BCUT2D eigenvalue weighted by molar-refractivity contribution is 5.45. The van der Waals surface area contributed by atoms with Crippen LogP contribution in [-0.2, 0) is 0 Å². The first-order valence-electron chi connectivity index (χ1n) is 10.2. The van der Waals surface area contributed by atoms with Crippen LogP contribution in [0.3, 0.4) is 0 Å². The lowest BCUT2D eigenvalue weighted by molar-refractivity contribution is 0.156. The average molecular weight is 460 g/mol. The van der Waals surface area contributed by atoms with Gasteiger partial charge in [-0.15, -0.1) is 0 Å². The van der Waals surface area contributed by atoms with E-state index in [-0.39, 0.29) is 42.8 Å². The van der Waals surface area contributed by atoms with Crippen molar-refractivity contribution < 1.29 is 28.1 Å². The van der Waals surface area contributed by atoms with Gasteiger partial charge < -0.3 is 30.0 Å². The zero-order valence-electron chi connectivity index (χ0n) is 17.5. The van der Waals surface area contributed by atoms with Gasteiger partial charge in [-0.2, -0.15) is 14.4 Å². The molecule has 0 atom stereocenters. The number of nitrogens with two attached hydrogens (primary N) is 1. The standard InChI is InChI=1S/C21H22F2N6O4/c22-16-11-25-21(28-18(16)24)33-15-5-7-29(8-6-15)19-17(23)20(27-12-26-19)32-14-3-1-13(2-4-14)31-10-9-30/h1-4,11-12,15,30H,5-10H2,(H2,24,25,28). The number of piperidine rings is 1. The molecule has 174 valence electrons. The molecule has 2 aromatic heterocycles. The lowest BCUT2D eigenvalue weighted by Gasteiger charge is -2.32. The van der Waals surface area contributed by atoms with E-state index in [0.29, 0.717) is 37.4 Å². The minimum atomic E-state index is -0.708. The van der Waals surface area contributed by atoms with E-state index < -0.39 is 11.6 Å². The largest absolute Gasteiger partial charge is 0.491 e. The number of benzene rings is 1. The fourth-order valence-corrected chi connectivity index (χ4v) is 3.27. The molecule has 0 bridgehead atoms. The predicted octanol–water partition coefficient (Wildman–Crippen LogP) is 2.34. The number of ether oxygens (including phenoxy) is 3. The quantitative estimate of drug-likeness (QED) is 0.517. The van der Waals surface area contributed by atoms with E-state index in [4.69, 9.17) is 25.1 Å². The summed E-state index contributed by atoms with van der Waals surface area (Å²) in [5.41, 5.74) is 5.44. The minimum Gasteiger partial charge on any atom is -0.491 e. The third-order valence-electron chi connectivity index (χ3n) is 4.90. The fourth-order valence-electron chi connectivity index (χ4n) is 3.27. The number of aliphatic hydroxyl groups excluding tert-OH is 1. The van der Waals surface area contributed by atoms with E-state index >= 15 is 4.39 Å². The second-order valence-corrected chi connectivity index (χ2v) is 7.15. The predicted molar refractivity (Wildman–Crippen MR) is 113 cm³/mol. The molecule has 10 nitrogen and oxygen atoms in total. The monoisotopic (exact) mass is 460 g/mol. The van der Waals surface area contributed by atoms with Gasteiger partial charge in [0.05, 0.1) is 12.8 Å². The molecule has 33 heavy (non-hydrogen) atoms. The molecule has 1 aliphatic rings. The highest BCUT2D eigenvalue weighted by Gasteiger charge is 2.26. The normalized spacial score (nSPS) is 14.2. The van der Waals surface area contributed by atoms with Crippen LogP contribution in [-0.4, -0.2) is 57.4 Å². The van der Waals surface area contributed by atoms with Crippen LogP contribution in [0.25, 0.3) is 0 Å². The van der Waals surface area contributed by atoms with Crippen molar-refractivity contribution in [2.24, 2.45) is 0 Å². The minimum absolute atomic E-state index is 0.00373. The van der Waals surface area contributed by atoms with Crippen LogP contribution < -0.4 is 24.8 Å². The number of hydrogen-bond acceptors (Lipinski definition) is 10. The summed E-state index contributed by atoms with van der Waals surface area (Å²) in [6.45, 7) is 1.01. The van der Waals surface area contributed by atoms with Crippen molar-refractivity contribution in [2.45, 2.75) is 18.9 Å². The smallest absolute Gasteiger partial charge is 0.318 e. The van der Waals surface area contributed by atoms with Crippen molar-refractivity contribution in [3.8, 4) is 23.4 Å². The van der Waals surface area contributed by atoms with Gasteiger partial charge in [0.15, 0.2) is 17.5 Å². The second-order valence-electron chi connectivity index (χ2n) is 7.15. The molecule has 1 saturated heterocycles. The van der Waals surface area contributed by atoms with E-state index in [1.54, 1.807) is 29.2 Å². The molecule has 1 aromatic carbocycles. The second kappa shape index (κ2) is 10.2. The zero-order valence-corrected chi connectivity index (χ0v) is 17.5. The lowest BCUT2D eigenvalue weighted by atomic mass is 10.1. The first-order chi connectivity index (χ1) is 16.0. The van der Waals surface area contributed by atoms with E-state index in [1.807, 2.05) is 0 Å². The van der Waals surface area contributed by atoms with Crippen molar-refractivity contribution in [1.82, 2.24) is 19.9 Å². The number of rotatable bonds is 8. The van der Waals surface area contributed by atoms with Crippen LogP contribution in [0.15, 0.2) is 36.8 Å². The van der Waals surface area contributed by atoms with Gasteiger partial charge in [0.25, 0.3) is 5.88 Å². The van der Waals surface area contributed by atoms with Crippen LogP contribution >= 0.6 is 0 Å². The summed E-state index contributed by atoms with van der Waals surface area (Å²) in [6.07, 6.45) is 3.08. The number of aliphatic hydroxyl groups is 1. The molecular formula is C21H22F2N6O4. The maximum atomic E-state index is 15.1. The van der Waals surface area contributed by atoms with E-state index in [2.05, 4.69) is 19.9 Å². The molecule has 3 aromatic rings. The Morgan fingerprint density at radius 3 is 2.48 bits per heavy atom. The van der Waals surface area contributed by atoms with Crippen molar-refractivity contribution >= 4 is 11.6 Å². The Hall–Kier alpha value is -3.80. The zero-order chi connectivity index (χ0) is 23.2. The third kappa shape index (κ3) is 5.52. The van der Waals surface area contributed by atoms with E-state index in [9.17, 15) is 4.39 Å². The van der Waals surface area contributed by atoms with Crippen molar-refractivity contribution in [3.05, 3.63) is 48.4 Å². The summed E-state index contributed by atoms with van der Waals surface area (Å²) in [7, 11) is 0. The first-order valence-corrected chi connectivity index (χ1v) is 10.2. The summed E-state index contributed by atoms with van der Waals surface area (Å²) in [5.74, 6) is -0.797. The summed E-state index contributed by atoms with van der Waals surface area (Å²) in [4.78, 5) is 17.3. The van der Waals surface area contributed by atoms with Crippen LogP contribution in [0.2, 0.25) is 0 Å². The number of aromatic nitrogens is 4. The van der Waals surface area contributed by atoms with Crippen LogP contribution in [0, 0.1) is 11.6 Å². The third-order valence-corrected chi connectivity index (χ3v) is 4.90. The summed E-state index contributed by atoms with van der Waals surface area (Å²) < 4.78 is 44.8. The topological polar surface area (TPSA) is 129 Å². The van der Waals surface area contributed by atoms with Crippen LogP contribution in [0.5, 0.6) is 23.4 Å². The number of nitrogen functional groups attached to an aromatic ring is 1. The molecule has 4 rings (SSSR count). The Labute approximate surface area is 188 Å². The molecule has 0 unspecified atom stereocenters. The Balaban J connectivity index is 1.37. The first kappa shape index (κ1) is 22.4. The number of anilines is 2. The van der Waals surface area contributed by atoms with Crippen LogP contribution in [0.1, 0.15) is 12.8 Å². The molecule has 3 N–H and O–H groups in total. The Kier molecular flexibility index (Phi) is 6.93. The molecular weight excluding hydrogens is 438 g/mol. The maximum Gasteiger partial charge on any atom is 0.318 e. The number of nitrogens with zero attached hydrogens (tertiary/aromatic N) is 5. The van der Waals surface area contributed by atoms with Gasteiger partial charge in [-0.1, -0.05) is 0 Å². The summed E-state index contributed by atoms with van der Waals surface area (Å²) in [5, 5.41) is 8.80. The van der Waals surface area contributed by atoms with Crippen LogP contribution in [0.4, 0.5) is 20.4 Å². The van der Waals surface area contributed by atoms with Crippen molar-refractivity contribution in [1.29, 1.82) is 0 Å². The van der Waals surface area contributed by atoms with E-state index in [0.717, 1.165) is 6.20 Å². The molecule has 1 fully saturated rings. The van der Waals surface area contributed by atoms with Gasteiger partial charge in [0.2, 0.25) is 5.82 Å². The average Bonchev–Trinajstić information content (AvgIpc) is 2.83. The van der Waals surface area contributed by atoms with Gasteiger partial charge in [0, 0.05) is 25.9 Å². The molecule has 1 aliphatic heterocycles. The number of halogens is 2. The molecule has 0 saturated carbocycles. The van der Waals surface area contributed by atoms with Gasteiger partial charge in [0.1, 0.15) is 30.5 Å².